The number of benzene rings is 1. The molecule has 1 aromatic carbocycles. The number of hydrogen-bond donors (Lipinski definition) is 1. The lowest BCUT2D eigenvalue weighted by molar-refractivity contribution is -0.123. The zero-order valence-corrected chi connectivity index (χ0v) is 18.3. The summed E-state index contributed by atoms with van der Waals surface area (Å²) in [5, 5.41) is 12.6. The van der Waals surface area contributed by atoms with Crippen molar-refractivity contribution in [2.24, 2.45) is 5.92 Å². The molecule has 0 spiro atoms. The van der Waals surface area contributed by atoms with Crippen LogP contribution in [-0.2, 0) is 24.3 Å². The maximum atomic E-state index is 12.1. The normalized spacial score (nSPS) is 17.7. The summed E-state index contributed by atoms with van der Waals surface area (Å²) in [4.78, 5) is 14.5. The Morgan fingerprint density at radius 3 is 2.74 bits per heavy atom. The molecule has 0 bridgehead atoms. The standard InChI is InChI=1S/C23H26ClN5O2/c1-15(25-23(30)17-2-3-17)22-27-26-21-10-11-28(12-13-29(21)22)14-19-8-9-20(31-19)16-4-6-18(24)7-5-16/h4-9,15,17H,2-3,10-14H2,1H3,(H,25,30)/t15-/m0/s1. The summed E-state index contributed by atoms with van der Waals surface area (Å²) in [6, 6.07) is 11.6. The van der Waals surface area contributed by atoms with Gasteiger partial charge in [-0.25, -0.2) is 0 Å². The summed E-state index contributed by atoms with van der Waals surface area (Å²) in [7, 11) is 0. The molecule has 1 N–H and O–H groups in total. The van der Waals surface area contributed by atoms with Gasteiger partial charge in [-0.15, -0.1) is 10.2 Å². The first kappa shape index (κ1) is 20.3. The minimum atomic E-state index is -0.132. The van der Waals surface area contributed by atoms with Gasteiger partial charge in [-0.2, -0.15) is 0 Å². The SMILES string of the molecule is C[C@H](NC(=O)C1CC1)c1nnc2n1CCN(Cc1ccc(-c3ccc(Cl)cc3)o1)CC2. The molecule has 2 aromatic heterocycles. The van der Waals surface area contributed by atoms with Gasteiger partial charge in [0.1, 0.15) is 17.3 Å². The molecule has 1 amide bonds. The van der Waals surface area contributed by atoms with Crippen LogP contribution in [0.15, 0.2) is 40.8 Å². The molecule has 8 heteroatoms. The first-order valence-corrected chi connectivity index (χ1v) is 11.2. The molecule has 2 aliphatic rings. The second kappa shape index (κ2) is 8.48. The Morgan fingerprint density at radius 2 is 1.97 bits per heavy atom. The van der Waals surface area contributed by atoms with Gasteiger partial charge in [-0.05, 0) is 56.2 Å². The summed E-state index contributed by atoms with van der Waals surface area (Å²) >= 11 is 5.98. The van der Waals surface area contributed by atoms with Gasteiger partial charge in [0.25, 0.3) is 0 Å². The number of nitrogens with zero attached hydrogens (tertiary/aromatic N) is 4. The first-order chi connectivity index (χ1) is 15.1. The van der Waals surface area contributed by atoms with E-state index in [0.717, 1.165) is 74.2 Å². The molecule has 1 aliphatic heterocycles. The van der Waals surface area contributed by atoms with Crippen LogP contribution in [0.3, 0.4) is 0 Å². The van der Waals surface area contributed by atoms with Crippen molar-refractivity contribution >= 4 is 17.5 Å². The Labute approximate surface area is 186 Å². The van der Waals surface area contributed by atoms with Gasteiger partial charge in [0.05, 0.1) is 12.6 Å². The Kier molecular flexibility index (Phi) is 5.54. The van der Waals surface area contributed by atoms with Crippen molar-refractivity contribution in [3.63, 3.8) is 0 Å². The minimum absolute atomic E-state index is 0.132. The van der Waals surface area contributed by atoms with E-state index in [1.54, 1.807) is 0 Å². The molecule has 1 saturated carbocycles. The highest BCUT2D eigenvalue weighted by Gasteiger charge is 2.31. The fourth-order valence-electron chi connectivity index (χ4n) is 4.06. The van der Waals surface area contributed by atoms with E-state index in [2.05, 4.69) is 25.0 Å². The third-order valence-electron chi connectivity index (χ3n) is 6.01. The lowest BCUT2D eigenvalue weighted by Crippen LogP contribution is -2.31. The van der Waals surface area contributed by atoms with Gasteiger partial charge in [0, 0.05) is 42.6 Å². The lowest BCUT2D eigenvalue weighted by Gasteiger charge is -2.19. The van der Waals surface area contributed by atoms with E-state index in [9.17, 15) is 4.79 Å². The highest BCUT2D eigenvalue weighted by molar-refractivity contribution is 6.30. The number of amides is 1. The molecule has 1 atom stereocenters. The molecule has 0 unspecified atom stereocenters. The van der Waals surface area contributed by atoms with Gasteiger partial charge < -0.3 is 14.3 Å². The number of carbonyl (C=O) groups is 1. The van der Waals surface area contributed by atoms with Crippen LogP contribution < -0.4 is 5.32 Å². The van der Waals surface area contributed by atoms with Crippen LogP contribution in [0.2, 0.25) is 5.02 Å². The summed E-state index contributed by atoms with van der Waals surface area (Å²) < 4.78 is 8.24. The second-order valence-corrected chi connectivity index (χ2v) is 8.87. The molecule has 1 fully saturated rings. The average Bonchev–Trinajstić information content (AvgIpc) is 3.44. The summed E-state index contributed by atoms with van der Waals surface area (Å²) in [6.07, 6.45) is 2.82. The average molecular weight is 440 g/mol. The number of carbonyl (C=O) groups excluding carboxylic acids is 1. The number of halogens is 1. The van der Waals surface area contributed by atoms with Gasteiger partial charge in [-0.1, -0.05) is 11.6 Å². The van der Waals surface area contributed by atoms with Crippen LogP contribution in [-0.4, -0.2) is 38.7 Å². The monoisotopic (exact) mass is 439 g/mol. The largest absolute Gasteiger partial charge is 0.460 e. The molecule has 31 heavy (non-hydrogen) atoms. The van der Waals surface area contributed by atoms with Crippen molar-refractivity contribution in [1.29, 1.82) is 0 Å². The van der Waals surface area contributed by atoms with Crippen molar-refractivity contribution in [2.75, 3.05) is 13.1 Å². The third kappa shape index (κ3) is 4.52. The van der Waals surface area contributed by atoms with Crippen LogP contribution in [0.25, 0.3) is 11.3 Å². The summed E-state index contributed by atoms with van der Waals surface area (Å²) in [5.41, 5.74) is 1.02. The predicted octanol–water partition coefficient (Wildman–Crippen LogP) is 3.84. The molecule has 162 valence electrons. The summed E-state index contributed by atoms with van der Waals surface area (Å²) in [5.74, 6) is 3.93. The quantitative estimate of drug-likeness (QED) is 0.631. The van der Waals surface area contributed by atoms with Crippen LogP contribution in [0.4, 0.5) is 0 Å². The smallest absolute Gasteiger partial charge is 0.223 e. The number of nitrogens with one attached hydrogen (secondary N) is 1. The number of fused-ring (bicyclic) bond motifs is 1. The first-order valence-electron chi connectivity index (χ1n) is 10.9. The van der Waals surface area contributed by atoms with E-state index < -0.39 is 0 Å². The molecular formula is C23H26ClN5O2. The van der Waals surface area contributed by atoms with Gasteiger partial charge in [0.15, 0.2) is 5.82 Å². The molecule has 1 aliphatic carbocycles. The fourth-order valence-corrected chi connectivity index (χ4v) is 4.19. The lowest BCUT2D eigenvalue weighted by atomic mass is 10.2. The fraction of sp³-hybridized carbons (Fsp3) is 0.435. The molecule has 3 aromatic rings. The van der Waals surface area contributed by atoms with Crippen LogP contribution in [0.5, 0.6) is 0 Å². The van der Waals surface area contributed by atoms with E-state index in [1.807, 2.05) is 43.3 Å². The van der Waals surface area contributed by atoms with E-state index >= 15 is 0 Å². The minimum Gasteiger partial charge on any atom is -0.460 e. The van der Waals surface area contributed by atoms with Crippen LogP contribution in [0.1, 0.15) is 43.2 Å². The van der Waals surface area contributed by atoms with Crippen molar-refractivity contribution in [1.82, 2.24) is 25.0 Å². The second-order valence-electron chi connectivity index (χ2n) is 8.43. The molecular weight excluding hydrogens is 414 g/mol. The molecule has 5 rings (SSSR count). The zero-order chi connectivity index (χ0) is 21.4. The number of hydrogen-bond acceptors (Lipinski definition) is 5. The number of furan rings is 1. The summed E-state index contributed by atoms with van der Waals surface area (Å²) in [6.45, 7) is 5.29. The zero-order valence-electron chi connectivity index (χ0n) is 17.6. The number of rotatable bonds is 6. The third-order valence-corrected chi connectivity index (χ3v) is 6.26. The van der Waals surface area contributed by atoms with E-state index in [-0.39, 0.29) is 17.9 Å². The van der Waals surface area contributed by atoms with Crippen LogP contribution in [0, 0.1) is 5.92 Å². The Bertz CT molecular complexity index is 1070. The predicted molar refractivity (Wildman–Crippen MR) is 117 cm³/mol. The topological polar surface area (TPSA) is 76.2 Å². The van der Waals surface area contributed by atoms with Crippen molar-refractivity contribution in [3.8, 4) is 11.3 Å². The molecule has 3 heterocycles. The Morgan fingerprint density at radius 1 is 1.16 bits per heavy atom. The maximum Gasteiger partial charge on any atom is 0.223 e. The van der Waals surface area contributed by atoms with Crippen LogP contribution >= 0.6 is 11.6 Å². The van der Waals surface area contributed by atoms with Gasteiger partial charge in [-0.3, -0.25) is 9.69 Å². The molecule has 0 radical (unpaired) electrons. The highest BCUT2D eigenvalue weighted by atomic mass is 35.5. The Balaban J connectivity index is 1.22. The van der Waals surface area contributed by atoms with Crippen molar-refractivity contribution in [2.45, 2.75) is 45.3 Å². The highest BCUT2D eigenvalue weighted by Crippen LogP contribution is 2.30. The van der Waals surface area contributed by atoms with E-state index in [1.165, 1.54) is 0 Å². The number of aromatic nitrogens is 3. The van der Waals surface area contributed by atoms with E-state index in [0.29, 0.717) is 5.02 Å². The molecule has 7 nitrogen and oxygen atoms in total. The molecule has 0 saturated heterocycles. The Hall–Kier alpha value is -2.64. The van der Waals surface area contributed by atoms with Crippen molar-refractivity contribution < 1.29 is 9.21 Å². The maximum absolute atomic E-state index is 12.1. The van der Waals surface area contributed by atoms with E-state index in [4.69, 9.17) is 16.0 Å². The van der Waals surface area contributed by atoms with Gasteiger partial charge in [0.2, 0.25) is 5.91 Å². The van der Waals surface area contributed by atoms with Crippen molar-refractivity contribution in [3.05, 3.63) is 58.8 Å². The van der Waals surface area contributed by atoms with Gasteiger partial charge >= 0.3 is 0 Å².